The van der Waals surface area contributed by atoms with Crippen molar-refractivity contribution in [2.24, 2.45) is 10.2 Å². The topological polar surface area (TPSA) is 88.1 Å². The molecule has 0 fully saturated rings. The summed E-state index contributed by atoms with van der Waals surface area (Å²) >= 11 is 5.94. The lowest BCUT2D eigenvalue weighted by Crippen LogP contribution is -2.18. The Morgan fingerprint density at radius 2 is 1.90 bits per heavy atom. The summed E-state index contributed by atoms with van der Waals surface area (Å²) < 4.78 is 0. The Hall–Kier alpha value is -1.79. The standard InChI is InChI=1S/C14H18ClN3O3/c1-13(2,7-8-14(3,4)19)17-16-12-6-5-10(18(20)21)9-11(12)15/h5-9,19H,1-4H3/b8-7+,17-16?. The third kappa shape index (κ3) is 6.01. The number of rotatable bonds is 5. The molecule has 21 heavy (non-hydrogen) atoms. The third-order valence-electron chi connectivity index (χ3n) is 2.46. The number of nitrogens with zero attached hydrogens (tertiary/aromatic N) is 3. The summed E-state index contributed by atoms with van der Waals surface area (Å²) in [5.41, 5.74) is -1.31. The summed E-state index contributed by atoms with van der Waals surface area (Å²) in [7, 11) is 0. The van der Waals surface area contributed by atoms with Crippen molar-refractivity contribution >= 4 is 23.0 Å². The van der Waals surface area contributed by atoms with Crippen LogP contribution in [0.15, 0.2) is 40.6 Å². The summed E-state index contributed by atoms with van der Waals surface area (Å²) in [5.74, 6) is 0. The highest BCUT2D eigenvalue weighted by atomic mass is 35.5. The average molecular weight is 312 g/mol. The normalized spacial score (nSPS) is 13.2. The average Bonchev–Trinajstić information content (AvgIpc) is 2.34. The van der Waals surface area contributed by atoms with Gasteiger partial charge in [0.2, 0.25) is 0 Å². The Balaban J connectivity index is 2.94. The fraction of sp³-hybridized carbons (Fsp3) is 0.429. The fourth-order valence-electron chi connectivity index (χ4n) is 1.31. The number of benzene rings is 1. The molecular formula is C14H18ClN3O3. The van der Waals surface area contributed by atoms with Crippen molar-refractivity contribution in [3.8, 4) is 0 Å². The van der Waals surface area contributed by atoms with E-state index in [0.29, 0.717) is 5.69 Å². The molecule has 7 heteroatoms. The summed E-state index contributed by atoms with van der Waals surface area (Å²) in [6.45, 7) is 6.95. The van der Waals surface area contributed by atoms with E-state index in [-0.39, 0.29) is 10.7 Å². The Morgan fingerprint density at radius 3 is 2.38 bits per heavy atom. The van der Waals surface area contributed by atoms with Gasteiger partial charge in [-0.05, 0) is 33.8 Å². The van der Waals surface area contributed by atoms with Gasteiger partial charge in [0.1, 0.15) is 5.69 Å². The maximum absolute atomic E-state index is 10.6. The molecule has 0 bridgehead atoms. The van der Waals surface area contributed by atoms with Crippen LogP contribution in [0, 0.1) is 10.1 Å². The van der Waals surface area contributed by atoms with Crippen LogP contribution in [-0.2, 0) is 0 Å². The first kappa shape index (κ1) is 17.3. The van der Waals surface area contributed by atoms with E-state index in [1.54, 1.807) is 26.0 Å². The molecule has 0 saturated carbocycles. The van der Waals surface area contributed by atoms with Crippen LogP contribution in [0.5, 0.6) is 0 Å². The molecule has 1 aromatic rings. The molecule has 114 valence electrons. The first-order valence-corrected chi connectivity index (χ1v) is 6.68. The lowest BCUT2D eigenvalue weighted by molar-refractivity contribution is -0.384. The number of nitro benzene ring substituents is 1. The highest BCUT2D eigenvalue weighted by Crippen LogP contribution is 2.30. The van der Waals surface area contributed by atoms with Crippen molar-refractivity contribution in [3.63, 3.8) is 0 Å². The van der Waals surface area contributed by atoms with Gasteiger partial charge < -0.3 is 5.11 Å². The van der Waals surface area contributed by atoms with Gasteiger partial charge in [-0.3, -0.25) is 10.1 Å². The molecule has 0 amide bonds. The molecule has 0 spiro atoms. The van der Waals surface area contributed by atoms with E-state index in [2.05, 4.69) is 10.2 Å². The largest absolute Gasteiger partial charge is 0.386 e. The van der Waals surface area contributed by atoms with Crippen LogP contribution in [0.25, 0.3) is 0 Å². The zero-order valence-electron chi connectivity index (χ0n) is 12.4. The monoisotopic (exact) mass is 311 g/mol. The van der Waals surface area contributed by atoms with E-state index in [9.17, 15) is 15.2 Å². The van der Waals surface area contributed by atoms with Crippen LogP contribution in [-0.4, -0.2) is 21.2 Å². The number of non-ortho nitro benzene ring substituents is 1. The molecule has 1 rings (SSSR count). The Labute approximate surface area is 128 Å². The van der Waals surface area contributed by atoms with Crippen molar-refractivity contribution in [1.82, 2.24) is 0 Å². The quantitative estimate of drug-likeness (QED) is 0.377. The van der Waals surface area contributed by atoms with E-state index in [0.717, 1.165) is 0 Å². The lowest BCUT2D eigenvalue weighted by Gasteiger charge is -2.16. The highest BCUT2D eigenvalue weighted by Gasteiger charge is 2.16. The van der Waals surface area contributed by atoms with Gasteiger partial charge in [-0.15, -0.1) is 0 Å². The van der Waals surface area contributed by atoms with Crippen LogP contribution < -0.4 is 0 Å². The van der Waals surface area contributed by atoms with Gasteiger partial charge in [-0.25, -0.2) is 0 Å². The van der Waals surface area contributed by atoms with Crippen molar-refractivity contribution in [1.29, 1.82) is 0 Å². The van der Waals surface area contributed by atoms with E-state index in [1.165, 1.54) is 18.2 Å². The van der Waals surface area contributed by atoms with Crippen LogP contribution in [0.2, 0.25) is 5.02 Å². The van der Waals surface area contributed by atoms with Crippen LogP contribution in [0.1, 0.15) is 27.7 Å². The molecule has 0 saturated heterocycles. The smallest absolute Gasteiger partial charge is 0.271 e. The third-order valence-corrected chi connectivity index (χ3v) is 2.76. The first-order chi connectivity index (χ1) is 9.50. The van der Waals surface area contributed by atoms with E-state index < -0.39 is 16.1 Å². The number of nitro groups is 1. The van der Waals surface area contributed by atoms with Crippen molar-refractivity contribution in [3.05, 3.63) is 45.5 Å². The van der Waals surface area contributed by atoms with Gasteiger partial charge in [-0.2, -0.15) is 10.2 Å². The van der Waals surface area contributed by atoms with Crippen LogP contribution in [0.3, 0.4) is 0 Å². The molecule has 0 unspecified atom stereocenters. The molecule has 1 N–H and O–H groups in total. The highest BCUT2D eigenvalue weighted by molar-refractivity contribution is 6.33. The minimum Gasteiger partial charge on any atom is -0.386 e. The second kappa shape index (κ2) is 6.32. The molecule has 6 nitrogen and oxygen atoms in total. The Morgan fingerprint density at radius 1 is 1.29 bits per heavy atom. The molecule has 1 aromatic carbocycles. The second-order valence-corrected chi connectivity index (χ2v) is 6.14. The molecule has 0 aliphatic carbocycles. The van der Waals surface area contributed by atoms with Crippen molar-refractivity contribution in [2.45, 2.75) is 38.8 Å². The SMILES string of the molecule is CC(C)(O)/C=C/C(C)(C)N=Nc1ccc([N+](=O)[O-])cc1Cl. The zero-order chi connectivity index (χ0) is 16.3. The molecule has 0 aromatic heterocycles. The van der Waals surface area contributed by atoms with E-state index in [1.807, 2.05) is 13.8 Å². The van der Waals surface area contributed by atoms with Gasteiger partial charge in [0.25, 0.3) is 5.69 Å². The van der Waals surface area contributed by atoms with E-state index in [4.69, 9.17) is 11.6 Å². The van der Waals surface area contributed by atoms with Crippen LogP contribution >= 0.6 is 11.6 Å². The summed E-state index contributed by atoms with van der Waals surface area (Å²) in [4.78, 5) is 10.1. The predicted molar refractivity (Wildman–Crippen MR) is 82.1 cm³/mol. The van der Waals surface area contributed by atoms with Gasteiger partial charge in [0, 0.05) is 12.1 Å². The van der Waals surface area contributed by atoms with Gasteiger partial charge >= 0.3 is 0 Å². The van der Waals surface area contributed by atoms with Crippen molar-refractivity contribution in [2.75, 3.05) is 0 Å². The maximum atomic E-state index is 10.6. The molecule has 0 atom stereocenters. The van der Waals surface area contributed by atoms with Crippen LogP contribution in [0.4, 0.5) is 11.4 Å². The minimum absolute atomic E-state index is 0.0971. The second-order valence-electron chi connectivity index (χ2n) is 5.73. The van der Waals surface area contributed by atoms with Gasteiger partial charge in [-0.1, -0.05) is 23.8 Å². The zero-order valence-corrected chi connectivity index (χ0v) is 13.1. The maximum Gasteiger partial charge on any atom is 0.271 e. The fourth-order valence-corrected chi connectivity index (χ4v) is 1.53. The number of hydrogen-bond donors (Lipinski definition) is 1. The minimum atomic E-state index is -0.933. The number of hydrogen-bond acceptors (Lipinski definition) is 5. The van der Waals surface area contributed by atoms with Gasteiger partial charge in [0.05, 0.1) is 21.1 Å². The summed E-state index contributed by atoms with van der Waals surface area (Å²) in [6.07, 6.45) is 3.36. The number of aliphatic hydroxyl groups is 1. The molecular weight excluding hydrogens is 294 g/mol. The lowest BCUT2D eigenvalue weighted by atomic mass is 10.0. The first-order valence-electron chi connectivity index (χ1n) is 6.30. The summed E-state index contributed by atoms with van der Waals surface area (Å²) in [6, 6.07) is 4.00. The Bertz CT molecular complexity index is 590. The Kier molecular flexibility index (Phi) is 5.20. The molecule has 0 radical (unpaired) electrons. The van der Waals surface area contributed by atoms with E-state index >= 15 is 0 Å². The predicted octanol–water partition coefficient (Wildman–Crippen LogP) is 4.44. The van der Waals surface area contributed by atoms with Gasteiger partial charge in [0.15, 0.2) is 0 Å². The number of azo groups is 1. The molecule has 0 aliphatic rings. The van der Waals surface area contributed by atoms with Crippen molar-refractivity contribution < 1.29 is 10.0 Å². The molecule has 0 heterocycles. The molecule has 0 aliphatic heterocycles. The number of halogens is 1. The summed E-state index contributed by atoms with van der Waals surface area (Å²) in [5, 5.41) is 28.6.